The number of hydrogen-bond acceptors (Lipinski definition) is 3. The van der Waals surface area contributed by atoms with E-state index in [1.165, 1.54) is 16.8 Å². The van der Waals surface area contributed by atoms with Gasteiger partial charge in [-0.05, 0) is 69.5 Å². The van der Waals surface area contributed by atoms with Gasteiger partial charge in [-0.3, -0.25) is 4.99 Å². The summed E-state index contributed by atoms with van der Waals surface area (Å²) in [6.45, 7) is 12.7. The number of hydrogen-bond donors (Lipinski definition) is 0. The first kappa shape index (κ1) is 19.2. The second-order valence-corrected chi connectivity index (χ2v) is 7.57. The molecule has 0 amide bonds. The highest BCUT2D eigenvalue weighted by atomic mass is 16.5. The summed E-state index contributed by atoms with van der Waals surface area (Å²) < 4.78 is 5.67. The van der Waals surface area contributed by atoms with E-state index in [0.717, 1.165) is 30.0 Å². The van der Waals surface area contributed by atoms with Crippen LogP contribution in [0.3, 0.4) is 0 Å². The fourth-order valence-corrected chi connectivity index (χ4v) is 3.80. The summed E-state index contributed by atoms with van der Waals surface area (Å²) in [6, 6.07) is 14.5. The molecule has 142 valence electrons. The summed E-state index contributed by atoms with van der Waals surface area (Å²) in [6.07, 6.45) is 5.43. The van der Waals surface area contributed by atoms with E-state index in [4.69, 9.17) is 4.74 Å². The number of benzene rings is 2. The molecule has 1 aliphatic heterocycles. The van der Waals surface area contributed by atoms with Gasteiger partial charge in [-0.15, -0.1) is 0 Å². The van der Waals surface area contributed by atoms with Crippen LogP contribution in [0.15, 0.2) is 53.5 Å². The Morgan fingerprint density at radius 2 is 1.89 bits per heavy atom. The first-order valence-corrected chi connectivity index (χ1v) is 9.83. The molecule has 2 aromatic carbocycles. The molecule has 0 saturated heterocycles. The maximum atomic E-state index is 5.67. The second kappa shape index (κ2) is 7.99. The van der Waals surface area contributed by atoms with Crippen LogP contribution in [0.25, 0.3) is 5.57 Å². The maximum absolute atomic E-state index is 5.67. The van der Waals surface area contributed by atoms with Crippen molar-refractivity contribution in [3.05, 3.63) is 59.7 Å². The van der Waals surface area contributed by atoms with Crippen LogP contribution in [0.5, 0.6) is 5.75 Å². The van der Waals surface area contributed by atoms with Gasteiger partial charge in [0.1, 0.15) is 11.4 Å². The molecule has 0 aliphatic carbocycles. The zero-order chi connectivity index (χ0) is 19.4. The van der Waals surface area contributed by atoms with E-state index in [2.05, 4.69) is 61.9 Å². The third-order valence-corrected chi connectivity index (χ3v) is 4.97. The van der Waals surface area contributed by atoms with E-state index in [-0.39, 0.29) is 5.54 Å². The van der Waals surface area contributed by atoms with Crippen molar-refractivity contribution in [3.63, 3.8) is 0 Å². The predicted molar refractivity (Wildman–Crippen MR) is 117 cm³/mol. The maximum Gasteiger partial charge on any atom is 0.144 e. The molecule has 0 atom stereocenters. The summed E-state index contributed by atoms with van der Waals surface area (Å²) in [5, 5.41) is 0. The van der Waals surface area contributed by atoms with Crippen LogP contribution in [-0.4, -0.2) is 24.9 Å². The van der Waals surface area contributed by atoms with Crippen molar-refractivity contribution >= 4 is 23.2 Å². The van der Waals surface area contributed by atoms with Gasteiger partial charge < -0.3 is 9.64 Å². The molecular weight excluding hydrogens is 332 g/mol. The van der Waals surface area contributed by atoms with Gasteiger partial charge in [-0.25, -0.2) is 0 Å². The third kappa shape index (κ3) is 4.08. The van der Waals surface area contributed by atoms with Crippen molar-refractivity contribution in [2.75, 3.05) is 18.1 Å². The van der Waals surface area contributed by atoms with Gasteiger partial charge in [0.05, 0.1) is 12.1 Å². The molecule has 0 radical (unpaired) electrons. The molecule has 0 unspecified atom stereocenters. The minimum absolute atomic E-state index is 0.0408. The summed E-state index contributed by atoms with van der Waals surface area (Å²) >= 11 is 0. The molecule has 3 heteroatoms. The molecule has 0 fully saturated rings. The van der Waals surface area contributed by atoms with Crippen molar-refractivity contribution in [1.82, 2.24) is 0 Å². The Hall–Kier alpha value is -2.55. The Kier molecular flexibility index (Phi) is 5.69. The van der Waals surface area contributed by atoms with Crippen LogP contribution in [0.4, 0.5) is 11.4 Å². The van der Waals surface area contributed by atoms with Crippen LogP contribution in [-0.2, 0) is 0 Å². The molecular formula is C24H30N2O. The average molecular weight is 363 g/mol. The normalized spacial score (nSPS) is 15.6. The van der Waals surface area contributed by atoms with Gasteiger partial charge in [0.25, 0.3) is 0 Å². The van der Waals surface area contributed by atoms with Gasteiger partial charge in [0.2, 0.25) is 0 Å². The Morgan fingerprint density at radius 3 is 2.63 bits per heavy atom. The number of allylic oxidation sites excluding steroid dienone is 1. The minimum Gasteiger partial charge on any atom is -0.492 e. The molecule has 3 nitrogen and oxygen atoms in total. The van der Waals surface area contributed by atoms with Crippen molar-refractivity contribution in [2.45, 2.75) is 46.6 Å². The van der Waals surface area contributed by atoms with E-state index < -0.39 is 0 Å². The lowest BCUT2D eigenvalue weighted by atomic mass is 9.88. The number of rotatable bonds is 6. The summed E-state index contributed by atoms with van der Waals surface area (Å²) in [5.74, 6) is 0.821. The van der Waals surface area contributed by atoms with Crippen molar-refractivity contribution in [3.8, 4) is 5.75 Å². The van der Waals surface area contributed by atoms with E-state index in [1.54, 1.807) is 0 Å². The molecule has 0 spiro atoms. The van der Waals surface area contributed by atoms with E-state index in [1.807, 2.05) is 37.4 Å². The topological polar surface area (TPSA) is 24.8 Å². The Labute approximate surface area is 163 Å². The number of ether oxygens (including phenoxy) is 1. The largest absolute Gasteiger partial charge is 0.492 e. The highest BCUT2D eigenvalue weighted by Gasteiger charge is 2.30. The van der Waals surface area contributed by atoms with Gasteiger partial charge >= 0.3 is 0 Å². The highest BCUT2D eigenvalue weighted by Crippen LogP contribution is 2.39. The quantitative estimate of drug-likeness (QED) is 0.568. The number of nitrogens with zero attached hydrogens (tertiary/aromatic N) is 2. The molecule has 2 aromatic rings. The Morgan fingerprint density at radius 1 is 1.11 bits per heavy atom. The zero-order valence-corrected chi connectivity index (χ0v) is 17.1. The molecule has 0 aromatic heterocycles. The van der Waals surface area contributed by atoms with Crippen molar-refractivity contribution in [2.24, 2.45) is 4.99 Å². The second-order valence-electron chi connectivity index (χ2n) is 7.57. The monoisotopic (exact) mass is 362 g/mol. The van der Waals surface area contributed by atoms with Crippen LogP contribution < -0.4 is 9.64 Å². The zero-order valence-electron chi connectivity index (χ0n) is 17.1. The van der Waals surface area contributed by atoms with E-state index >= 15 is 0 Å². The average Bonchev–Trinajstić information content (AvgIpc) is 2.64. The number of para-hydroxylation sites is 2. The number of anilines is 1. The van der Waals surface area contributed by atoms with Crippen molar-refractivity contribution < 1.29 is 4.74 Å². The lowest BCUT2D eigenvalue weighted by Gasteiger charge is -2.43. The van der Waals surface area contributed by atoms with Crippen molar-refractivity contribution in [1.29, 1.82) is 0 Å². The minimum atomic E-state index is 0.0408. The SMILES string of the molecule is CCCN1c2ccc(C=Nc3ccccc3OCC)cc2C(C)=CC1(C)C. The summed E-state index contributed by atoms with van der Waals surface area (Å²) in [7, 11) is 0. The standard InChI is InChI=1S/C24H30N2O/c1-6-14-26-22-13-12-19(15-20(22)18(3)16-24(26,4)5)17-25-21-10-8-9-11-23(21)27-7-2/h8-13,15-17H,6-7,14H2,1-5H3. The summed E-state index contributed by atoms with van der Waals surface area (Å²) in [5.41, 5.74) is 5.94. The van der Waals surface area contributed by atoms with Gasteiger partial charge in [0, 0.05) is 24.0 Å². The molecule has 0 bridgehead atoms. The highest BCUT2D eigenvalue weighted by molar-refractivity contribution is 5.89. The molecule has 0 N–H and O–H groups in total. The van der Waals surface area contributed by atoms with E-state index in [0.29, 0.717) is 6.61 Å². The van der Waals surface area contributed by atoms with Crippen LogP contribution in [0.1, 0.15) is 52.2 Å². The smallest absolute Gasteiger partial charge is 0.144 e. The number of aliphatic imine (C=N–C) groups is 1. The first-order valence-electron chi connectivity index (χ1n) is 9.83. The third-order valence-electron chi connectivity index (χ3n) is 4.97. The van der Waals surface area contributed by atoms with Crippen LogP contribution in [0.2, 0.25) is 0 Å². The molecule has 0 saturated carbocycles. The Balaban J connectivity index is 1.94. The summed E-state index contributed by atoms with van der Waals surface area (Å²) in [4.78, 5) is 7.17. The van der Waals surface area contributed by atoms with Gasteiger partial charge in [-0.1, -0.05) is 31.2 Å². The molecule has 27 heavy (non-hydrogen) atoms. The van der Waals surface area contributed by atoms with E-state index in [9.17, 15) is 0 Å². The lowest BCUT2D eigenvalue weighted by molar-refractivity contribution is 0.341. The van der Waals surface area contributed by atoms with Crippen LogP contribution in [0, 0.1) is 0 Å². The number of fused-ring (bicyclic) bond motifs is 1. The fraction of sp³-hybridized carbons (Fsp3) is 0.375. The Bertz CT molecular complexity index is 864. The first-order chi connectivity index (χ1) is 13.0. The van der Waals surface area contributed by atoms with Gasteiger partial charge in [-0.2, -0.15) is 0 Å². The van der Waals surface area contributed by atoms with Crippen LogP contribution >= 0.6 is 0 Å². The molecule has 3 rings (SSSR count). The predicted octanol–water partition coefficient (Wildman–Crippen LogP) is 6.25. The van der Waals surface area contributed by atoms with Gasteiger partial charge in [0.15, 0.2) is 0 Å². The lowest BCUT2D eigenvalue weighted by Crippen LogP contribution is -2.45. The fourth-order valence-electron chi connectivity index (χ4n) is 3.80. The molecule has 1 heterocycles. The molecule has 1 aliphatic rings.